The molecule has 80 valence electrons. The third-order valence-electron chi connectivity index (χ3n) is 2.46. The van der Waals surface area contributed by atoms with Crippen LogP contribution in [0, 0.1) is 5.92 Å². The SMILES string of the molecule is O=C(O)N1CC(COc2ccccc2)C1. The highest BCUT2D eigenvalue weighted by Crippen LogP contribution is 2.17. The van der Waals surface area contributed by atoms with Crippen molar-refractivity contribution in [1.29, 1.82) is 0 Å². The van der Waals surface area contributed by atoms with E-state index in [-0.39, 0.29) is 0 Å². The monoisotopic (exact) mass is 207 g/mol. The number of benzene rings is 1. The Bertz CT molecular complexity index is 333. The summed E-state index contributed by atoms with van der Waals surface area (Å²) in [5, 5.41) is 8.62. The summed E-state index contributed by atoms with van der Waals surface area (Å²) in [6.07, 6.45) is -0.842. The lowest BCUT2D eigenvalue weighted by Crippen LogP contribution is -2.51. The zero-order valence-electron chi connectivity index (χ0n) is 8.30. The van der Waals surface area contributed by atoms with Crippen LogP contribution in [0.15, 0.2) is 30.3 Å². The summed E-state index contributed by atoms with van der Waals surface area (Å²) in [7, 11) is 0. The standard InChI is InChI=1S/C11H13NO3/c13-11(14)12-6-9(7-12)8-15-10-4-2-1-3-5-10/h1-5,9H,6-8H2,(H,13,14). The summed E-state index contributed by atoms with van der Waals surface area (Å²) in [5.74, 6) is 1.17. The zero-order valence-corrected chi connectivity index (χ0v) is 8.30. The van der Waals surface area contributed by atoms with Gasteiger partial charge >= 0.3 is 6.09 Å². The summed E-state index contributed by atoms with van der Waals surface area (Å²) in [6.45, 7) is 1.76. The van der Waals surface area contributed by atoms with Gasteiger partial charge < -0.3 is 14.7 Å². The first-order chi connectivity index (χ1) is 7.25. The van der Waals surface area contributed by atoms with Gasteiger partial charge in [0.15, 0.2) is 0 Å². The Hall–Kier alpha value is -1.71. The normalized spacial score (nSPS) is 15.9. The van der Waals surface area contributed by atoms with Crippen LogP contribution in [-0.2, 0) is 0 Å². The molecule has 1 heterocycles. The number of carbonyl (C=O) groups is 1. The van der Waals surface area contributed by atoms with Gasteiger partial charge in [0.25, 0.3) is 0 Å². The minimum absolute atomic E-state index is 0.335. The second-order valence-electron chi connectivity index (χ2n) is 3.68. The molecule has 0 bridgehead atoms. The zero-order chi connectivity index (χ0) is 10.7. The number of ether oxygens (including phenoxy) is 1. The molecule has 1 aromatic rings. The minimum atomic E-state index is -0.842. The number of carboxylic acid groups (broad SMARTS) is 1. The highest BCUT2D eigenvalue weighted by Gasteiger charge is 2.30. The van der Waals surface area contributed by atoms with Crippen molar-refractivity contribution in [2.45, 2.75) is 0 Å². The second kappa shape index (κ2) is 4.21. The third kappa shape index (κ3) is 2.40. The van der Waals surface area contributed by atoms with E-state index in [1.165, 1.54) is 4.90 Å². The number of rotatable bonds is 3. The molecule has 15 heavy (non-hydrogen) atoms. The van der Waals surface area contributed by atoms with Gasteiger partial charge in [-0.1, -0.05) is 18.2 Å². The lowest BCUT2D eigenvalue weighted by molar-refractivity contribution is 0.0585. The maximum absolute atomic E-state index is 10.5. The van der Waals surface area contributed by atoms with Crippen LogP contribution in [0.4, 0.5) is 4.79 Å². The van der Waals surface area contributed by atoms with Crippen LogP contribution in [0.5, 0.6) is 5.75 Å². The number of hydrogen-bond donors (Lipinski definition) is 1. The van der Waals surface area contributed by atoms with E-state index in [1.54, 1.807) is 0 Å². The molecule has 0 saturated carbocycles. The summed E-state index contributed by atoms with van der Waals surface area (Å²) >= 11 is 0. The molecular weight excluding hydrogens is 194 g/mol. The summed E-state index contributed by atoms with van der Waals surface area (Å²) in [6, 6.07) is 9.56. The van der Waals surface area contributed by atoms with Crippen molar-refractivity contribution >= 4 is 6.09 Å². The fourth-order valence-electron chi connectivity index (χ4n) is 1.56. The highest BCUT2D eigenvalue weighted by molar-refractivity contribution is 5.66. The van der Waals surface area contributed by atoms with Crippen molar-refractivity contribution in [3.63, 3.8) is 0 Å². The van der Waals surface area contributed by atoms with E-state index in [4.69, 9.17) is 9.84 Å². The fraction of sp³-hybridized carbons (Fsp3) is 0.364. The third-order valence-corrected chi connectivity index (χ3v) is 2.46. The van der Waals surface area contributed by atoms with Gasteiger partial charge in [-0.2, -0.15) is 0 Å². The van der Waals surface area contributed by atoms with Crippen LogP contribution in [0.25, 0.3) is 0 Å². The van der Waals surface area contributed by atoms with Crippen LogP contribution >= 0.6 is 0 Å². The van der Waals surface area contributed by atoms with Gasteiger partial charge in [0.2, 0.25) is 0 Å². The van der Waals surface area contributed by atoms with E-state index in [0.717, 1.165) is 5.75 Å². The van der Waals surface area contributed by atoms with Gasteiger partial charge in [0.1, 0.15) is 5.75 Å². The van der Waals surface area contributed by atoms with Gasteiger partial charge in [0, 0.05) is 19.0 Å². The molecule has 1 amide bonds. The Morgan fingerprint density at radius 2 is 2.07 bits per heavy atom. The van der Waals surface area contributed by atoms with E-state index < -0.39 is 6.09 Å². The number of hydrogen-bond acceptors (Lipinski definition) is 2. The smallest absolute Gasteiger partial charge is 0.407 e. The van der Waals surface area contributed by atoms with Crippen LogP contribution < -0.4 is 4.74 Å². The molecule has 1 aliphatic rings. The molecule has 0 unspecified atom stereocenters. The first-order valence-corrected chi connectivity index (χ1v) is 4.91. The summed E-state index contributed by atoms with van der Waals surface area (Å²) in [5.41, 5.74) is 0. The maximum atomic E-state index is 10.5. The minimum Gasteiger partial charge on any atom is -0.493 e. The topological polar surface area (TPSA) is 49.8 Å². The van der Waals surface area contributed by atoms with Crippen molar-refractivity contribution in [2.24, 2.45) is 5.92 Å². The largest absolute Gasteiger partial charge is 0.493 e. The Labute approximate surface area is 88.1 Å². The Morgan fingerprint density at radius 3 is 2.67 bits per heavy atom. The number of amides is 1. The number of likely N-dealkylation sites (tertiary alicyclic amines) is 1. The maximum Gasteiger partial charge on any atom is 0.407 e. The predicted molar refractivity (Wildman–Crippen MR) is 55.0 cm³/mol. The molecule has 4 heteroatoms. The van der Waals surface area contributed by atoms with Crippen LogP contribution in [0.2, 0.25) is 0 Å². The molecule has 0 spiro atoms. The van der Waals surface area contributed by atoms with Crippen molar-refractivity contribution in [2.75, 3.05) is 19.7 Å². The van der Waals surface area contributed by atoms with E-state index in [2.05, 4.69) is 0 Å². The first kappa shape index (κ1) is 9.83. The van der Waals surface area contributed by atoms with E-state index in [0.29, 0.717) is 25.6 Å². The van der Waals surface area contributed by atoms with Gasteiger partial charge in [-0.15, -0.1) is 0 Å². The van der Waals surface area contributed by atoms with Crippen LogP contribution in [-0.4, -0.2) is 35.8 Å². The van der Waals surface area contributed by atoms with Gasteiger partial charge in [-0.3, -0.25) is 0 Å². The van der Waals surface area contributed by atoms with Crippen molar-refractivity contribution < 1.29 is 14.6 Å². The van der Waals surface area contributed by atoms with Gasteiger partial charge in [-0.05, 0) is 12.1 Å². The molecule has 0 atom stereocenters. The molecule has 1 saturated heterocycles. The Morgan fingerprint density at radius 1 is 1.40 bits per heavy atom. The summed E-state index contributed by atoms with van der Waals surface area (Å²) < 4.78 is 5.52. The predicted octanol–water partition coefficient (Wildman–Crippen LogP) is 1.68. The first-order valence-electron chi connectivity index (χ1n) is 4.91. The van der Waals surface area contributed by atoms with Crippen LogP contribution in [0.3, 0.4) is 0 Å². The van der Waals surface area contributed by atoms with Crippen molar-refractivity contribution in [3.8, 4) is 5.75 Å². The molecule has 0 aromatic heterocycles. The molecule has 4 nitrogen and oxygen atoms in total. The van der Waals surface area contributed by atoms with Crippen molar-refractivity contribution in [1.82, 2.24) is 4.90 Å². The lowest BCUT2D eigenvalue weighted by atomic mass is 10.0. The molecule has 1 N–H and O–H groups in total. The van der Waals surface area contributed by atoms with Gasteiger partial charge in [-0.25, -0.2) is 4.79 Å². The number of para-hydroxylation sites is 1. The average molecular weight is 207 g/mol. The number of nitrogens with zero attached hydrogens (tertiary/aromatic N) is 1. The molecule has 0 radical (unpaired) electrons. The lowest BCUT2D eigenvalue weighted by Gasteiger charge is -2.36. The van der Waals surface area contributed by atoms with E-state index >= 15 is 0 Å². The molecule has 1 aromatic carbocycles. The molecule has 2 rings (SSSR count). The second-order valence-corrected chi connectivity index (χ2v) is 3.68. The fourth-order valence-corrected chi connectivity index (χ4v) is 1.56. The summed E-state index contributed by atoms with van der Waals surface area (Å²) in [4.78, 5) is 11.9. The molecule has 1 fully saturated rings. The Kier molecular flexibility index (Phi) is 2.76. The molecule has 1 aliphatic heterocycles. The highest BCUT2D eigenvalue weighted by atomic mass is 16.5. The quantitative estimate of drug-likeness (QED) is 0.820. The van der Waals surface area contributed by atoms with Gasteiger partial charge in [0.05, 0.1) is 6.61 Å². The molecular formula is C11H13NO3. The molecule has 0 aliphatic carbocycles. The van der Waals surface area contributed by atoms with E-state index in [1.807, 2.05) is 30.3 Å². The Balaban J connectivity index is 1.71. The van der Waals surface area contributed by atoms with Crippen LogP contribution in [0.1, 0.15) is 0 Å². The van der Waals surface area contributed by atoms with Crippen molar-refractivity contribution in [3.05, 3.63) is 30.3 Å². The average Bonchev–Trinajstić information content (AvgIpc) is 2.16. The van der Waals surface area contributed by atoms with E-state index in [9.17, 15) is 4.79 Å².